The zero-order valence-corrected chi connectivity index (χ0v) is 24.3. The molecule has 0 aliphatic heterocycles. The van der Waals surface area contributed by atoms with Gasteiger partial charge in [-0.25, -0.2) is 4.57 Å². The van der Waals surface area contributed by atoms with Crippen LogP contribution in [0.3, 0.4) is 0 Å². The number of anilines is 1. The van der Waals surface area contributed by atoms with Gasteiger partial charge in [0.1, 0.15) is 6.54 Å². The first kappa shape index (κ1) is 30.9. The molecule has 0 atom stereocenters. The van der Waals surface area contributed by atoms with Crippen LogP contribution in [0.1, 0.15) is 121 Å². The fourth-order valence-electron chi connectivity index (χ4n) is 4.79. The van der Waals surface area contributed by atoms with Crippen LogP contribution in [0, 0.1) is 0 Å². The molecule has 0 spiro atoms. The average Bonchev–Trinajstić information content (AvgIpc) is 2.92. The second-order valence-electron chi connectivity index (χ2n) is 10.9. The molecule has 2 aromatic rings. The van der Waals surface area contributed by atoms with E-state index < -0.39 is 0 Å². The highest BCUT2D eigenvalue weighted by Crippen LogP contribution is 2.15. The van der Waals surface area contributed by atoms with E-state index in [9.17, 15) is 0 Å². The Balaban J connectivity index is 1.45. The SMILES string of the molecule is CCCCCCCCCCCCCCCCCC[n+]1ccc(/C=C\C=C/c2ccc(N(C)C)cc2)cc1. The molecule has 0 saturated heterocycles. The Kier molecular flexibility index (Phi) is 17.3. The fourth-order valence-corrected chi connectivity index (χ4v) is 4.79. The molecule has 1 heterocycles. The molecule has 1 aromatic carbocycles. The highest BCUT2D eigenvalue weighted by atomic mass is 15.1. The van der Waals surface area contributed by atoms with Crippen molar-refractivity contribution < 1.29 is 4.57 Å². The average molecular weight is 504 g/mol. The van der Waals surface area contributed by atoms with Crippen LogP contribution in [0.2, 0.25) is 0 Å². The van der Waals surface area contributed by atoms with Gasteiger partial charge in [-0.15, -0.1) is 0 Å². The summed E-state index contributed by atoms with van der Waals surface area (Å²) in [7, 11) is 4.14. The first-order chi connectivity index (χ1) is 18.2. The minimum atomic E-state index is 1.13. The van der Waals surface area contributed by atoms with Gasteiger partial charge in [0.2, 0.25) is 0 Å². The van der Waals surface area contributed by atoms with Crippen molar-refractivity contribution in [2.45, 2.75) is 116 Å². The molecule has 0 aliphatic rings. The van der Waals surface area contributed by atoms with Gasteiger partial charge in [-0.1, -0.05) is 133 Å². The predicted octanol–water partition coefficient (Wildman–Crippen LogP) is 10.0. The highest BCUT2D eigenvalue weighted by molar-refractivity contribution is 5.59. The van der Waals surface area contributed by atoms with Crippen molar-refractivity contribution in [1.82, 2.24) is 0 Å². The number of allylic oxidation sites excluding steroid dienone is 2. The lowest BCUT2D eigenvalue weighted by atomic mass is 10.0. The summed E-state index contributed by atoms with van der Waals surface area (Å²) in [5.74, 6) is 0. The van der Waals surface area contributed by atoms with E-state index in [1.165, 1.54) is 120 Å². The Morgan fingerprint density at radius 3 is 1.38 bits per heavy atom. The van der Waals surface area contributed by atoms with Crippen molar-refractivity contribution in [3.63, 3.8) is 0 Å². The van der Waals surface area contributed by atoms with Crippen LogP contribution >= 0.6 is 0 Å². The number of hydrogen-bond acceptors (Lipinski definition) is 1. The van der Waals surface area contributed by atoms with Crippen molar-refractivity contribution >= 4 is 17.8 Å². The quantitative estimate of drug-likeness (QED) is 0.0933. The number of pyridine rings is 1. The Morgan fingerprint density at radius 2 is 0.946 bits per heavy atom. The molecule has 1 aromatic heterocycles. The van der Waals surface area contributed by atoms with Gasteiger partial charge in [0.15, 0.2) is 12.4 Å². The zero-order chi connectivity index (χ0) is 26.4. The van der Waals surface area contributed by atoms with E-state index in [2.05, 4.69) is 104 Å². The summed E-state index contributed by atoms with van der Waals surface area (Å²) in [6, 6.07) is 13.0. The molecule has 0 radical (unpaired) electrons. The number of aromatic nitrogens is 1. The smallest absolute Gasteiger partial charge is 0.169 e. The van der Waals surface area contributed by atoms with Crippen molar-refractivity contribution in [3.05, 3.63) is 72.1 Å². The Hall–Kier alpha value is -2.35. The van der Waals surface area contributed by atoms with Crippen LogP contribution in [-0.2, 0) is 6.54 Å². The standard InChI is InChI=1S/C35H55N2/c1-4-5-6-7-8-9-10-11-12-13-14-15-16-17-18-21-30-37-31-28-34(29-32-37)23-20-19-22-33-24-26-35(27-25-33)36(2)3/h19-20,22-29,31-32H,4-18,21,30H2,1-3H3/q+1. The highest BCUT2D eigenvalue weighted by Gasteiger charge is 2.00. The van der Waals surface area contributed by atoms with Crippen molar-refractivity contribution in [3.8, 4) is 0 Å². The predicted molar refractivity (Wildman–Crippen MR) is 165 cm³/mol. The number of nitrogens with zero attached hydrogens (tertiary/aromatic N) is 2. The maximum Gasteiger partial charge on any atom is 0.169 e. The van der Waals surface area contributed by atoms with E-state index in [1.807, 2.05) is 0 Å². The molecule has 0 fully saturated rings. The number of rotatable bonds is 21. The van der Waals surface area contributed by atoms with Gasteiger partial charge in [0.05, 0.1) is 0 Å². The van der Waals surface area contributed by atoms with E-state index in [1.54, 1.807) is 0 Å². The van der Waals surface area contributed by atoms with Crippen LogP contribution in [-0.4, -0.2) is 14.1 Å². The maximum absolute atomic E-state index is 2.32. The molecule has 0 unspecified atom stereocenters. The fraction of sp³-hybridized carbons (Fsp3) is 0.571. The van der Waals surface area contributed by atoms with Crippen LogP contribution in [0.4, 0.5) is 5.69 Å². The molecule has 0 saturated carbocycles. The topological polar surface area (TPSA) is 7.12 Å². The van der Waals surface area contributed by atoms with Gasteiger partial charge in [-0.2, -0.15) is 0 Å². The van der Waals surface area contributed by atoms with Gasteiger partial charge < -0.3 is 4.90 Å². The van der Waals surface area contributed by atoms with Gasteiger partial charge in [0.25, 0.3) is 0 Å². The third-order valence-corrected chi connectivity index (χ3v) is 7.28. The lowest BCUT2D eigenvalue weighted by Crippen LogP contribution is -2.32. The van der Waals surface area contributed by atoms with Gasteiger partial charge in [-0.05, 0) is 29.7 Å². The van der Waals surface area contributed by atoms with Crippen LogP contribution in [0.5, 0.6) is 0 Å². The third kappa shape index (κ3) is 15.5. The molecular formula is C35H55N2+. The summed E-state index contributed by atoms with van der Waals surface area (Å²) in [6.07, 6.45) is 35.8. The molecule has 0 amide bonds. The summed E-state index contributed by atoms with van der Waals surface area (Å²) in [5.41, 5.74) is 3.70. The lowest BCUT2D eigenvalue weighted by Gasteiger charge is -2.11. The number of aryl methyl sites for hydroxylation is 1. The molecule has 2 heteroatoms. The molecule has 204 valence electrons. The summed E-state index contributed by atoms with van der Waals surface area (Å²) in [5, 5.41) is 0. The zero-order valence-electron chi connectivity index (χ0n) is 24.3. The molecule has 2 rings (SSSR count). The van der Waals surface area contributed by atoms with Gasteiger partial charge in [0, 0.05) is 38.3 Å². The second kappa shape index (κ2) is 20.7. The van der Waals surface area contributed by atoms with Gasteiger partial charge >= 0.3 is 0 Å². The van der Waals surface area contributed by atoms with Crippen LogP contribution in [0.15, 0.2) is 60.9 Å². The molecule has 0 N–H and O–H groups in total. The summed E-state index contributed by atoms with van der Waals surface area (Å²) in [6.45, 7) is 3.43. The Morgan fingerprint density at radius 1 is 0.541 bits per heavy atom. The molecular weight excluding hydrogens is 448 g/mol. The lowest BCUT2D eigenvalue weighted by molar-refractivity contribution is -0.697. The van der Waals surface area contributed by atoms with E-state index in [4.69, 9.17) is 0 Å². The van der Waals surface area contributed by atoms with Crippen molar-refractivity contribution in [2.75, 3.05) is 19.0 Å². The summed E-state index contributed by atoms with van der Waals surface area (Å²) >= 11 is 0. The van der Waals surface area contributed by atoms with E-state index >= 15 is 0 Å². The van der Waals surface area contributed by atoms with Crippen LogP contribution in [0.25, 0.3) is 12.2 Å². The van der Waals surface area contributed by atoms with Crippen LogP contribution < -0.4 is 9.47 Å². The van der Waals surface area contributed by atoms with E-state index in [0.29, 0.717) is 0 Å². The van der Waals surface area contributed by atoms with E-state index in [-0.39, 0.29) is 0 Å². The number of benzene rings is 1. The minimum Gasteiger partial charge on any atom is -0.378 e. The molecule has 0 aliphatic carbocycles. The third-order valence-electron chi connectivity index (χ3n) is 7.28. The van der Waals surface area contributed by atoms with Crippen molar-refractivity contribution in [2.24, 2.45) is 0 Å². The maximum atomic E-state index is 2.32. The molecule has 2 nitrogen and oxygen atoms in total. The number of unbranched alkanes of at least 4 members (excludes halogenated alkanes) is 15. The second-order valence-corrected chi connectivity index (χ2v) is 10.9. The summed E-state index contributed by atoms with van der Waals surface area (Å²) < 4.78 is 2.32. The Labute approximate surface area is 229 Å². The molecule has 0 bridgehead atoms. The first-order valence-electron chi connectivity index (χ1n) is 15.3. The first-order valence-corrected chi connectivity index (χ1v) is 15.3. The number of hydrogen-bond donors (Lipinski definition) is 0. The Bertz CT molecular complexity index is 846. The summed E-state index contributed by atoms with van der Waals surface area (Å²) in [4.78, 5) is 2.12. The molecule has 37 heavy (non-hydrogen) atoms. The minimum absolute atomic E-state index is 1.13. The monoisotopic (exact) mass is 503 g/mol. The van der Waals surface area contributed by atoms with E-state index in [0.717, 1.165) is 6.54 Å². The normalized spacial score (nSPS) is 11.6. The van der Waals surface area contributed by atoms with Gasteiger partial charge in [-0.3, -0.25) is 0 Å². The largest absolute Gasteiger partial charge is 0.378 e. The van der Waals surface area contributed by atoms with Crippen molar-refractivity contribution in [1.29, 1.82) is 0 Å².